The van der Waals surface area contributed by atoms with Gasteiger partial charge in [0.15, 0.2) is 6.29 Å². The normalized spacial score (nSPS) is 35.9. The summed E-state index contributed by atoms with van der Waals surface area (Å²) in [4.78, 5) is 11.1. The third-order valence-corrected chi connectivity index (χ3v) is 2.20. The van der Waals surface area contributed by atoms with Crippen LogP contribution in [0.1, 0.15) is 13.8 Å². The van der Waals surface area contributed by atoms with Crippen molar-refractivity contribution in [3.8, 4) is 0 Å². The molecule has 0 amide bonds. The van der Waals surface area contributed by atoms with E-state index < -0.39 is 30.6 Å². The lowest BCUT2D eigenvalue weighted by Crippen LogP contribution is -2.35. The molecule has 6 heteroatoms. The van der Waals surface area contributed by atoms with Crippen molar-refractivity contribution in [2.24, 2.45) is 5.92 Å². The minimum atomic E-state index is -1.43. The Morgan fingerprint density at radius 3 is 2.33 bits per heavy atom. The van der Waals surface area contributed by atoms with Crippen LogP contribution in [0.25, 0.3) is 0 Å². The molecular weight excluding hydrogens is 204 g/mol. The van der Waals surface area contributed by atoms with Gasteiger partial charge in [-0.05, 0) is 0 Å². The van der Waals surface area contributed by atoms with E-state index in [1.54, 1.807) is 13.8 Å². The second kappa shape index (κ2) is 4.89. The summed E-state index contributed by atoms with van der Waals surface area (Å²) in [6.45, 7) is 3.18. The first-order valence-electron chi connectivity index (χ1n) is 4.79. The highest BCUT2D eigenvalue weighted by atomic mass is 16.7. The highest BCUT2D eigenvalue weighted by Gasteiger charge is 2.42. The molecule has 4 atom stereocenters. The lowest BCUT2D eigenvalue weighted by molar-refractivity contribution is -0.160. The maximum absolute atomic E-state index is 11.1. The van der Waals surface area contributed by atoms with E-state index in [-0.39, 0.29) is 12.5 Å². The number of aliphatic hydroxyl groups is 3. The van der Waals surface area contributed by atoms with Gasteiger partial charge in [-0.3, -0.25) is 4.79 Å². The summed E-state index contributed by atoms with van der Waals surface area (Å²) in [7, 11) is 0. The van der Waals surface area contributed by atoms with Crippen LogP contribution in [0.2, 0.25) is 0 Å². The summed E-state index contributed by atoms with van der Waals surface area (Å²) < 4.78 is 9.60. The van der Waals surface area contributed by atoms with Gasteiger partial charge in [-0.2, -0.15) is 0 Å². The molecule has 1 aliphatic rings. The first kappa shape index (κ1) is 12.4. The third kappa shape index (κ3) is 2.88. The first-order chi connectivity index (χ1) is 6.93. The highest BCUT2D eigenvalue weighted by molar-refractivity contribution is 5.71. The summed E-state index contributed by atoms with van der Waals surface area (Å²) in [5, 5.41) is 27.5. The molecule has 0 saturated carbocycles. The molecule has 1 fully saturated rings. The minimum Gasteiger partial charge on any atom is -0.463 e. The Balaban J connectivity index is 2.37. The van der Waals surface area contributed by atoms with Gasteiger partial charge in [-0.1, -0.05) is 13.8 Å². The maximum Gasteiger partial charge on any atom is 0.308 e. The molecule has 0 spiro atoms. The zero-order valence-electron chi connectivity index (χ0n) is 8.66. The molecule has 0 aliphatic carbocycles. The molecule has 88 valence electrons. The van der Waals surface area contributed by atoms with E-state index >= 15 is 0 Å². The van der Waals surface area contributed by atoms with Crippen molar-refractivity contribution >= 4 is 5.97 Å². The van der Waals surface area contributed by atoms with E-state index in [4.69, 9.17) is 19.7 Å². The Labute approximate surface area is 87.4 Å². The fraction of sp³-hybridized carbons (Fsp3) is 0.889. The quantitative estimate of drug-likeness (QED) is 0.507. The zero-order valence-corrected chi connectivity index (χ0v) is 8.66. The van der Waals surface area contributed by atoms with Gasteiger partial charge in [0, 0.05) is 0 Å². The molecule has 0 aromatic rings. The maximum atomic E-state index is 11.1. The molecule has 1 heterocycles. The van der Waals surface area contributed by atoms with Crippen LogP contribution in [0.4, 0.5) is 0 Å². The molecule has 1 rings (SSSR count). The number of carbonyl (C=O) groups is 1. The van der Waals surface area contributed by atoms with Crippen LogP contribution in [0, 0.1) is 5.92 Å². The Hall–Kier alpha value is -0.690. The molecule has 6 nitrogen and oxygen atoms in total. The molecule has 15 heavy (non-hydrogen) atoms. The molecule has 0 bridgehead atoms. The van der Waals surface area contributed by atoms with Gasteiger partial charge in [0.05, 0.1) is 5.92 Å². The lowest BCUT2D eigenvalue weighted by atomic mass is 10.1. The summed E-state index contributed by atoms with van der Waals surface area (Å²) >= 11 is 0. The topological polar surface area (TPSA) is 96.2 Å². The van der Waals surface area contributed by atoms with Crippen LogP contribution in [0.15, 0.2) is 0 Å². The summed E-state index contributed by atoms with van der Waals surface area (Å²) in [6, 6.07) is 0. The molecule has 1 unspecified atom stereocenters. The Morgan fingerprint density at radius 1 is 1.33 bits per heavy atom. The Bertz CT molecular complexity index is 229. The van der Waals surface area contributed by atoms with Gasteiger partial charge >= 0.3 is 5.97 Å². The number of ether oxygens (including phenoxy) is 2. The van der Waals surface area contributed by atoms with Crippen LogP contribution in [-0.4, -0.2) is 52.5 Å². The summed E-state index contributed by atoms with van der Waals surface area (Å²) in [5.41, 5.74) is 0. The van der Waals surface area contributed by atoms with Crippen molar-refractivity contribution in [3.63, 3.8) is 0 Å². The fourth-order valence-corrected chi connectivity index (χ4v) is 1.20. The second-order valence-electron chi connectivity index (χ2n) is 3.83. The number of hydrogen-bond acceptors (Lipinski definition) is 6. The number of rotatable bonds is 3. The van der Waals surface area contributed by atoms with E-state index in [2.05, 4.69) is 0 Å². The monoisotopic (exact) mass is 220 g/mol. The number of esters is 1. The third-order valence-electron chi connectivity index (χ3n) is 2.20. The van der Waals surface area contributed by atoms with Gasteiger partial charge in [0.2, 0.25) is 0 Å². The molecule has 0 aromatic heterocycles. The SMILES string of the molecule is CC(C)C(=O)OC[C@H]1OC(O)[C@H](O)[C@@H]1O. The Kier molecular flexibility index (Phi) is 4.04. The fourth-order valence-electron chi connectivity index (χ4n) is 1.20. The predicted molar refractivity (Wildman–Crippen MR) is 48.7 cm³/mol. The van der Waals surface area contributed by atoms with E-state index in [0.29, 0.717) is 0 Å². The second-order valence-corrected chi connectivity index (χ2v) is 3.83. The van der Waals surface area contributed by atoms with E-state index in [9.17, 15) is 9.90 Å². The van der Waals surface area contributed by atoms with Gasteiger partial charge in [-0.25, -0.2) is 0 Å². The van der Waals surface area contributed by atoms with Gasteiger partial charge in [0.1, 0.15) is 24.9 Å². The van der Waals surface area contributed by atoms with E-state index in [1.165, 1.54) is 0 Å². The molecule has 1 saturated heterocycles. The van der Waals surface area contributed by atoms with Crippen LogP contribution >= 0.6 is 0 Å². The standard InChI is InChI=1S/C9H16O6/c1-4(2)8(12)14-3-5-6(10)7(11)9(13)15-5/h4-7,9-11,13H,3H2,1-2H3/t5-,6-,7-,9?/m1/s1. The molecule has 3 N–H and O–H groups in total. The average molecular weight is 220 g/mol. The van der Waals surface area contributed by atoms with Crippen molar-refractivity contribution in [1.29, 1.82) is 0 Å². The lowest BCUT2D eigenvalue weighted by Gasteiger charge is -2.15. The van der Waals surface area contributed by atoms with Gasteiger partial charge < -0.3 is 24.8 Å². The zero-order chi connectivity index (χ0) is 11.6. The predicted octanol–water partition coefficient (Wildman–Crippen LogP) is -1.38. The van der Waals surface area contributed by atoms with Crippen LogP contribution < -0.4 is 0 Å². The van der Waals surface area contributed by atoms with Crippen molar-refractivity contribution in [2.45, 2.75) is 38.4 Å². The number of hydrogen-bond donors (Lipinski definition) is 3. The molecule has 0 aromatic carbocycles. The van der Waals surface area contributed by atoms with Crippen molar-refractivity contribution in [2.75, 3.05) is 6.61 Å². The van der Waals surface area contributed by atoms with Crippen LogP contribution in [-0.2, 0) is 14.3 Å². The largest absolute Gasteiger partial charge is 0.463 e. The number of aliphatic hydroxyl groups excluding tert-OH is 3. The van der Waals surface area contributed by atoms with Crippen molar-refractivity contribution in [1.82, 2.24) is 0 Å². The molecular formula is C9H16O6. The van der Waals surface area contributed by atoms with Crippen LogP contribution in [0.3, 0.4) is 0 Å². The summed E-state index contributed by atoms with van der Waals surface area (Å²) in [5.74, 6) is -0.680. The van der Waals surface area contributed by atoms with Gasteiger partial charge in [-0.15, -0.1) is 0 Å². The van der Waals surface area contributed by atoms with E-state index in [0.717, 1.165) is 0 Å². The van der Waals surface area contributed by atoms with Crippen molar-refractivity contribution in [3.05, 3.63) is 0 Å². The van der Waals surface area contributed by atoms with Crippen molar-refractivity contribution < 1.29 is 29.6 Å². The molecule has 0 radical (unpaired) electrons. The number of carbonyl (C=O) groups excluding carboxylic acids is 1. The van der Waals surface area contributed by atoms with Crippen LogP contribution in [0.5, 0.6) is 0 Å². The highest BCUT2D eigenvalue weighted by Crippen LogP contribution is 2.19. The van der Waals surface area contributed by atoms with E-state index in [1.807, 2.05) is 0 Å². The summed E-state index contributed by atoms with van der Waals surface area (Å²) in [6.07, 6.45) is -4.90. The Morgan fingerprint density at radius 2 is 1.93 bits per heavy atom. The molecule has 1 aliphatic heterocycles. The average Bonchev–Trinajstić information content (AvgIpc) is 2.42. The first-order valence-corrected chi connectivity index (χ1v) is 4.79. The van der Waals surface area contributed by atoms with Gasteiger partial charge in [0.25, 0.3) is 0 Å². The minimum absolute atomic E-state index is 0.174. The smallest absolute Gasteiger partial charge is 0.308 e.